The monoisotopic (exact) mass is 471 g/mol. The highest BCUT2D eigenvalue weighted by molar-refractivity contribution is 5.73. The fourth-order valence-corrected chi connectivity index (χ4v) is 4.10. The normalized spacial score (nSPS) is 24.8. The lowest BCUT2D eigenvalue weighted by Gasteiger charge is -2.45. The van der Waals surface area contributed by atoms with Crippen LogP contribution in [-0.4, -0.2) is 60.9 Å². The van der Waals surface area contributed by atoms with Gasteiger partial charge < -0.3 is 24.3 Å². The van der Waals surface area contributed by atoms with Crippen LogP contribution in [0.15, 0.2) is 0 Å². The van der Waals surface area contributed by atoms with Crippen LogP contribution >= 0.6 is 0 Å². The molecule has 1 aliphatic rings. The quantitative estimate of drug-likeness (QED) is 0.247. The maximum absolute atomic E-state index is 11.9. The molecule has 0 aromatic rings. The van der Waals surface area contributed by atoms with E-state index < -0.39 is 48.4 Å². The van der Waals surface area contributed by atoms with E-state index in [1.807, 2.05) is 0 Å². The second-order valence-corrected chi connectivity index (χ2v) is 9.13. The molecule has 0 aromatic carbocycles. The topological polar surface area (TPSA) is 117 Å². The third kappa shape index (κ3) is 11.5. The lowest BCUT2D eigenvalue weighted by molar-refractivity contribution is -0.224. The van der Waals surface area contributed by atoms with Crippen molar-refractivity contribution < 1.29 is 38.1 Å². The molecule has 1 aliphatic heterocycles. The lowest BCUT2D eigenvalue weighted by Crippen LogP contribution is -2.66. The first-order valence-electron chi connectivity index (χ1n) is 11.9. The second-order valence-electron chi connectivity index (χ2n) is 9.13. The van der Waals surface area contributed by atoms with Gasteiger partial charge in [0.2, 0.25) is 5.91 Å². The van der Waals surface area contributed by atoms with Gasteiger partial charge in [-0.1, -0.05) is 52.4 Å². The molecule has 0 aliphatic carbocycles. The van der Waals surface area contributed by atoms with Crippen molar-refractivity contribution in [2.75, 3.05) is 6.61 Å². The summed E-state index contributed by atoms with van der Waals surface area (Å²) in [6.45, 7) is 9.38. The maximum Gasteiger partial charge on any atom is 0.303 e. The molecule has 0 aromatic heterocycles. The van der Waals surface area contributed by atoms with Gasteiger partial charge in [-0.05, 0) is 12.3 Å². The molecule has 5 atom stereocenters. The molecular formula is C24H41NO8. The van der Waals surface area contributed by atoms with Crippen molar-refractivity contribution in [3.63, 3.8) is 0 Å². The first-order chi connectivity index (χ1) is 15.5. The molecule has 1 N–H and O–H groups in total. The van der Waals surface area contributed by atoms with Gasteiger partial charge in [-0.3, -0.25) is 19.2 Å². The van der Waals surface area contributed by atoms with Crippen molar-refractivity contribution in [1.82, 2.24) is 5.32 Å². The third-order valence-electron chi connectivity index (χ3n) is 5.49. The Balaban J connectivity index is 2.97. The van der Waals surface area contributed by atoms with E-state index >= 15 is 0 Å². The summed E-state index contributed by atoms with van der Waals surface area (Å²) in [7, 11) is 0. The number of amides is 1. The Morgan fingerprint density at radius 3 is 1.91 bits per heavy atom. The van der Waals surface area contributed by atoms with Gasteiger partial charge >= 0.3 is 17.9 Å². The van der Waals surface area contributed by atoms with E-state index in [0.717, 1.165) is 19.3 Å². The Kier molecular flexibility index (Phi) is 13.0. The lowest BCUT2D eigenvalue weighted by atomic mass is 9.89. The summed E-state index contributed by atoms with van der Waals surface area (Å²) in [5, 5.41) is 2.81. The van der Waals surface area contributed by atoms with Crippen LogP contribution in [-0.2, 0) is 38.1 Å². The molecule has 1 fully saturated rings. The minimum Gasteiger partial charge on any atom is -0.463 e. The number of hydrogen-bond acceptors (Lipinski definition) is 8. The largest absolute Gasteiger partial charge is 0.463 e. The zero-order valence-electron chi connectivity index (χ0n) is 20.9. The van der Waals surface area contributed by atoms with Gasteiger partial charge in [-0.2, -0.15) is 0 Å². The number of rotatable bonds is 13. The molecule has 33 heavy (non-hydrogen) atoms. The number of esters is 3. The Labute approximate surface area is 197 Å². The summed E-state index contributed by atoms with van der Waals surface area (Å²) >= 11 is 0. The van der Waals surface area contributed by atoms with Crippen molar-refractivity contribution in [1.29, 1.82) is 0 Å². The van der Waals surface area contributed by atoms with Crippen LogP contribution in [0.3, 0.4) is 0 Å². The van der Waals surface area contributed by atoms with Gasteiger partial charge in [0.15, 0.2) is 12.2 Å². The maximum atomic E-state index is 11.9. The minimum absolute atomic E-state index is 0.163. The van der Waals surface area contributed by atoms with Crippen LogP contribution in [0.1, 0.15) is 86.5 Å². The highest BCUT2D eigenvalue weighted by atomic mass is 16.6. The van der Waals surface area contributed by atoms with Crippen molar-refractivity contribution in [2.45, 2.75) is 117 Å². The molecule has 9 nitrogen and oxygen atoms in total. The van der Waals surface area contributed by atoms with E-state index in [1.54, 1.807) is 0 Å². The summed E-state index contributed by atoms with van der Waals surface area (Å²) in [6.07, 6.45) is 3.82. The molecule has 1 saturated heterocycles. The van der Waals surface area contributed by atoms with E-state index in [4.69, 9.17) is 18.9 Å². The number of hydrogen-bond donors (Lipinski definition) is 1. The molecule has 1 unspecified atom stereocenters. The first-order valence-corrected chi connectivity index (χ1v) is 11.9. The highest BCUT2D eigenvalue weighted by Crippen LogP contribution is 2.30. The van der Waals surface area contributed by atoms with Gasteiger partial charge in [-0.15, -0.1) is 0 Å². The van der Waals surface area contributed by atoms with Crippen LogP contribution in [0.4, 0.5) is 0 Å². The Morgan fingerprint density at radius 2 is 1.36 bits per heavy atom. The number of carbonyl (C=O) groups excluding carboxylic acids is 4. The summed E-state index contributed by atoms with van der Waals surface area (Å²) in [4.78, 5) is 46.9. The zero-order chi connectivity index (χ0) is 25.0. The second kappa shape index (κ2) is 14.9. The van der Waals surface area contributed by atoms with E-state index in [1.165, 1.54) is 47.0 Å². The summed E-state index contributed by atoms with van der Waals surface area (Å²) in [5.41, 5.74) is 0. The SMILES string of the molecule is CC(=O)N[C@H]1C(CCCCCCCC(C)C)O[C@H](COC(C)=O)[C@H](OC(C)=O)[C@@H]1OC(C)=O. The molecule has 9 heteroatoms. The molecule has 0 saturated carbocycles. The zero-order valence-corrected chi connectivity index (χ0v) is 20.9. The van der Waals surface area contributed by atoms with Crippen LogP contribution in [0.2, 0.25) is 0 Å². The number of unbranched alkanes of at least 4 members (excludes halogenated alkanes) is 4. The van der Waals surface area contributed by atoms with E-state index in [9.17, 15) is 19.2 Å². The van der Waals surface area contributed by atoms with Gasteiger partial charge in [-0.25, -0.2) is 0 Å². The van der Waals surface area contributed by atoms with Crippen LogP contribution < -0.4 is 5.32 Å². The third-order valence-corrected chi connectivity index (χ3v) is 5.49. The van der Waals surface area contributed by atoms with Crippen molar-refractivity contribution >= 4 is 23.8 Å². The average Bonchev–Trinajstić information content (AvgIpc) is 2.68. The average molecular weight is 472 g/mol. The molecular weight excluding hydrogens is 430 g/mol. The van der Waals surface area contributed by atoms with E-state index in [0.29, 0.717) is 12.3 Å². The molecule has 1 amide bonds. The first kappa shape index (κ1) is 28.9. The van der Waals surface area contributed by atoms with Gasteiger partial charge in [0.1, 0.15) is 12.7 Å². The molecule has 0 bridgehead atoms. The fourth-order valence-electron chi connectivity index (χ4n) is 4.10. The van der Waals surface area contributed by atoms with Gasteiger partial charge in [0, 0.05) is 27.7 Å². The molecule has 1 heterocycles. The van der Waals surface area contributed by atoms with Gasteiger partial charge in [0.05, 0.1) is 12.1 Å². The highest BCUT2D eigenvalue weighted by Gasteiger charge is 2.50. The molecule has 0 spiro atoms. The Bertz CT molecular complexity index is 650. The standard InChI is InChI=1S/C24H41NO8/c1-15(2)12-10-8-7-9-11-13-20-22(25-16(3)26)24(32-19(6)29)23(31-18(5)28)21(33-20)14-30-17(4)27/h15,20-24H,7-14H2,1-6H3,(H,25,26)/t20?,21-,22+,23+,24-/m1/s1. The van der Waals surface area contributed by atoms with E-state index in [-0.39, 0.29) is 12.5 Å². The van der Waals surface area contributed by atoms with Crippen molar-refractivity contribution in [3.05, 3.63) is 0 Å². The van der Waals surface area contributed by atoms with Crippen molar-refractivity contribution in [3.8, 4) is 0 Å². The number of nitrogens with one attached hydrogen (secondary N) is 1. The van der Waals surface area contributed by atoms with Crippen LogP contribution in [0.5, 0.6) is 0 Å². The Morgan fingerprint density at radius 1 is 0.788 bits per heavy atom. The Hall–Kier alpha value is -2.16. The smallest absolute Gasteiger partial charge is 0.303 e. The predicted molar refractivity (Wildman–Crippen MR) is 121 cm³/mol. The number of carbonyl (C=O) groups is 4. The molecule has 190 valence electrons. The summed E-state index contributed by atoms with van der Waals surface area (Å²) in [6, 6.07) is -0.703. The van der Waals surface area contributed by atoms with Gasteiger partial charge in [0.25, 0.3) is 0 Å². The van der Waals surface area contributed by atoms with Crippen molar-refractivity contribution in [2.24, 2.45) is 5.92 Å². The number of ether oxygens (including phenoxy) is 4. The van der Waals surface area contributed by atoms with Crippen LogP contribution in [0.25, 0.3) is 0 Å². The van der Waals surface area contributed by atoms with Crippen LogP contribution in [0, 0.1) is 5.92 Å². The molecule has 1 rings (SSSR count). The van der Waals surface area contributed by atoms with E-state index in [2.05, 4.69) is 19.2 Å². The molecule has 0 radical (unpaired) electrons. The summed E-state index contributed by atoms with van der Waals surface area (Å²) < 4.78 is 22.2. The summed E-state index contributed by atoms with van der Waals surface area (Å²) in [5.74, 6) is -1.30. The fraction of sp³-hybridized carbons (Fsp3) is 0.833. The predicted octanol–water partition coefficient (Wildman–Crippen LogP) is 3.07. The minimum atomic E-state index is -1.03.